The van der Waals surface area contributed by atoms with E-state index in [0.29, 0.717) is 10.6 Å². The highest BCUT2D eigenvalue weighted by atomic mass is 35.5. The van der Waals surface area contributed by atoms with Crippen LogP contribution >= 0.6 is 34.8 Å². The third kappa shape index (κ3) is 18.5. The van der Waals surface area contributed by atoms with Crippen LogP contribution < -0.4 is 68.3 Å². The van der Waals surface area contributed by atoms with Gasteiger partial charge in [-0.3, -0.25) is 38.4 Å². The van der Waals surface area contributed by atoms with E-state index in [-0.39, 0.29) is 46.2 Å². The predicted octanol–water partition coefficient (Wildman–Crippen LogP) is 3.49. The highest BCUT2D eigenvalue weighted by Crippen LogP contribution is 2.50. The number of rotatable bonds is 16. The van der Waals surface area contributed by atoms with Crippen molar-refractivity contribution >= 4 is 88.3 Å². The Hall–Kier alpha value is -10.8. The summed E-state index contributed by atoms with van der Waals surface area (Å²) in [7, 11) is 1.48. The fourth-order valence-electron chi connectivity index (χ4n) is 14.1. The van der Waals surface area contributed by atoms with Gasteiger partial charge in [0.25, 0.3) is 5.91 Å². The van der Waals surface area contributed by atoms with Crippen molar-refractivity contribution in [3.63, 3.8) is 0 Å². The van der Waals surface area contributed by atoms with Crippen molar-refractivity contribution in [2.75, 3.05) is 13.7 Å². The molecule has 7 aliphatic heterocycles. The van der Waals surface area contributed by atoms with Gasteiger partial charge in [-0.15, -0.1) is 0 Å². The first-order valence-corrected chi connectivity index (χ1v) is 37.6. The predicted molar refractivity (Wildman–Crippen MR) is 414 cm³/mol. The van der Waals surface area contributed by atoms with Crippen LogP contribution in [0.1, 0.15) is 111 Å². The Balaban J connectivity index is 1.05. The Morgan fingerprint density at radius 1 is 0.681 bits per heavy atom. The Morgan fingerprint density at radius 2 is 1.28 bits per heavy atom. The second kappa shape index (κ2) is 35.3. The van der Waals surface area contributed by atoms with Gasteiger partial charge in [0, 0.05) is 34.2 Å². The number of hydrogen-bond acceptors (Lipinski definition) is 26. The van der Waals surface area contributed by atoms with Gasteiger partial charge >= 0.3 is 0 Å². The third-order valence-electron chi connectivity index (χ3n) is 20.3. The number of benzene rings is 7. The van der Waals surface area contributed by atoms with Crippen molar-refractivity contribution in [1.29, 1.82) is 0 Å². The molecule has 7 aromatic rings. The first-order chi connectivity index (χ1) is 55.1. The van der Waals surface area contributed by atoms with E-state index in [1.54, 1.807) is 36.4 Å². The minimum Gasteiger partial charge on any atom is -0.508 e. The summed E-state index contributed by atoms with van der Waals surface area (Å²) in [6.45, 7) is 5.67. The molecule has 7 aromatic carbocycles. The number of primary amides is 1. The number of phenols is 3. The molecule has 116 heavy (non-hydrogen) atoms. The van der Waals surface area contributed by atoms with Crippen molar-refractivity contribution in [3.8, 4) is 68.2 Å². The van der Waals surface area contributed by atoms with Crippen LogP contribution in [0.15, 0.2) is 132 Å². The molecule has 0 aromatic heterocycles. The number of nitrogens with one attached hydrogen (secondary N) is 8. The number of hydrazone groups is 1. The molecule has 0 radical (unpaired) electrons. The summed E-state index contributed by atoms with van der Waals surface area (Å²) in [5.74, 6) is -15.2. The quantitative estimate of drug-likeness (QED) is 0.0486. The molecule has 614 valence electrons. The lowest BCUT2D eigenvalue weighted by Crippen LogP contribution is -2.64. The molecule has 18 atom stereocenters. The van der Waals surface area contributed by atoms with E-state index < -0.39 is 237 Å². The fourth-order valence-corrected chi connectivity index (χ4v) is 14.7. The highest BCUT2D eigenvalue weighted by Gasteiger charge is 2.52. The van der Waals surface area contributed by atoms with E-state index in [2.05, 4.69) is 47.7 Å². The van der Waals surface area contributed by atoms with Gasteiger partial charge < -0.3 is 123 Å². The molecular weight excluding hydrogens is 1580 g/mol. The second-order valence-corrected chi connectivity index (χ2v) is 30.5. The first-order valence-electron chi connectivity index (χ1n) is 36.5. The molecule has 11 bridgehead atoms. The summed E-state index contributed by atoms with van der Waals surface area (Å²) < 4.78 is 38.7. The maximum absolute atomic E-state index is 16.3. The number of nitrogens with zero attached hydrogens (tertiary/aromatic N) is 1. The lowest BCUT2D eigenvalue weighted by molar-refractivity contribution is -0.333. The molecule has 34 nitrogen and oxygen atoms in total. The van der Waals surface area contributed by atoms with Gasteiger partial charge in [-0.05, 0) is 144 Å². The van der Waals surface area contributed by atoms with Crippen molar-refractivity contribution in [2.24, 2.45) is 22.5 Å². The number of halogens is 3. The minimum absolute atomic E-state index is 0.105. The lowest BCUT2D eigenvalue weighted by Gasteiger charge is -2.47. The molecule has 37 heteroatoms. The average molecular weight is 1660 g/mol. The largest absolute Gasteiger partial charge is 0.508 e. The molecule has 2 saturated heterocycles. The number of carbonyl (C=O) groups excluding carboxylic acids is 8. The lowest BCUT2D eigenvalue weighted by atomic mass is 9.86. The van der Waals surface area contributed by atoms with Crippen LogP contribution in [0.5, 0.6) is 46.0 Å². The molecule has 7 heterocycles. The second-order valence-electron chi connectivity index (χ2n) is 29.2. The normalized spacial score (nSPS) is 27.2. The summed E-state index contributed by atoms with van der Waals surface area (Å²) in [4.78, 5) is 120. The van der Waals surface area contributed by atoms with E-state index in [1.807, 2.05) is 26.0 Å². The Labute approximate surface area is 676 Å². The smallest absolute Gasteiger partial charge is 0.267 e. The number of phenolic OH excluding ortho intramolecular Hbond substituents is 3. The minimum atomic E-state index is -2.36. The van der Waals surface area contributed by atoms with Gasteiger partial charge in [-0.2, -0.15) is 5.10 Å². The highest BCUT2D eigenvalue weighted by molar-refractivity contribution is 6.32. The monoisotopic (exact) mass is 1660 g/mol. The SMILES string of the molecule is CN[C@H](CC(C)C)C(=O)N[C@H]1C(=O)N[C@@H](CC(N)=O)C(=O)N[C@H]2C(=O)N[C@H]3C(=O)N[C@H](C(=O)N[C@H](C(=O)N/N=C/c4ccc(-c5ccc(Cl)cc5)cc4)c4cc(O)cc(O)c4-c4cc3ccc4O)[C@H](O)c3ccc(c(Cl)c3)Oc3cc2cc(c3O[C@@H]2O[C@H](CO)[C@@H](O)[C@H](O)[C@H]2O[C@H]2C[C@](C)(N)[C@H](O)[C@H](C)O2)Oc2ccc(cc2Cl)[C@H]1O. The van der Waals surface area contributed by atoms with E-state index in [9.17, 15) is 65.1 Å². The fraction of sp³-hybridized carbons (Fsp3) is 0.354. The van der Waals surface area contributed by atoms with Crippen LogP contribution in [0.25, 0.3) is 22.3 Å². The molecule has 0 spiro atoms. The molecule has 21 N–H and O–H groups in total. The van der Waals surface area contributed by atoms with Gasteiger partial charge in [-0.25, -0.2) is 5.43 Å². The Kier molecular flexibility index (Phi) is 25.8. The van der Waals surface area contributed by atoms with Crippen LogP contribution in [0.2, 0.25) is 15.1 Å². The Morgan fingerprint density at radius 3 is 1.89 bits per heavy atom. The van der Waals surface area contributed by atoms with E-state index in [0.717, 1.165) is 71.8 Å². The molecule has 2 fully saturated rings. The molecular formula is C79H84Cl3N11O23. The van der Waals surface area contributed by atoms with Gasteiger partial charge in [-0.1, -0.05) is 103 Å². The average Bonchev–Trinajstić information content (AvgIpc) is 0.766. The zero-order valence-corrected chi connectivity index (χ0v) is 64.7. The van der Waals surface area contributed by atoms with E-state index >= 15 is 19.2 Å². The number of aliphatic hydroxyl groups excluding tert-OH is 6. The number of hydrogen-bond donors (Lipinski definition) is 19. The number of likely N-dealkylation sites (N-methyl/N-ethyl adjacent to an activating group) is 1. The molecule has 0 unspecified atom stereocenters. The van der Waals surface area contributed by atoms with Crippen LogP contribution in [0, 0.1) is 5.92 Å². The number of aliphatic hydroxyl groups is 6. The van der Waals surface area contributed by atoms with Gasteiger partial charge in [0.15, 0.2) is 23.9 Å². The summed E-state index contributed by atoms with van der Waals surface area (Å²) in [6.07, 6.45) is -17.4. The molecule has 7 aliphatic rings. The molecule has 0 aliphatic carbocycles. The van der Waals surface area contributed by atoms with Crippen molar-refractivity contribution in [2.45, 2.75) is 156 Å². The number of aromatic hydroxyl groups is 3. The number of carbonyl (C=O) groups is 8. The topological polar surface area (TPSA) is 535 Å². The zero-order valence-electron chi connectivity index (χ0n) is 62.4. The van der Waals surface area contributed by atoms with E-state index in [4.69, 9.17) is 74.7 Å². The van der Waals surface area contributed by atoms with Crippen molar-refractivity contribution in [3.05, 3.63) is 176 Å². The summed E-state index contributed by atoms with van der Waals surface area (Å²) >= 11 is 20.4. The maximum Gasteiger partial charge on any atom is 0.267 e. The molecule has 0 saturated carbocycles. The van der Waals surface area contributed by atoms with Crippen LogP contribution in [-0.4, -0.2) is 192 Å². The summed E-state index contributed by atoms with van der Waals surface area (Å²) in [5.41, 5.74) is 12.8. The maximum atomic E-state index is 16.3. The molecule has 14 rings (SSSR count). The third-order valence-corrected chi connectivity index (χ3v) is 21.1. The van der Waals surface area contributed by atoms with Gasteiger partial charge in [0.05, 0.1) is 47.5 Å². The first kappa shape index (κ1) is 84.6. The van der Waals surface area contributed by atoms with Crippen LogP contribution in [0.3, 0.4) is 0 Å². The van der Waals surface area contributed by atoms with E-state index in [1.165, 1.54) is 45.3 Å². The number of ether oxygens (including phenoxy) is 6. The van der Waals surface area contributed by atoms with Crippen molar-refractivity contribution < 1.29 is 113 Å². The van der Waals surface area contributed by atoms with Crippen molar-refractivity contribution in [1.82, 2.24) is 42.6 Å². The van der Waals surface area contributed by atoms with Crippen LogP contribution in [0.4, 0.5) is 0 Å². The Bertz CT molecular complexity index is 4970. The standard InChI is InChI=1S/C79H84Cl3N11O23/c1-32(2)20-47(85-5)71(104)91-62-64(99)38-13-18-51(45(81)22-38)112-53-24-40-25-54(68(53)116-78-69(67(102)66(101)55(31-94)114-78)115-57-29-79(4,84)70(103)33(3)111-57)113-52-19-14-39(23-46(52)82)65(100)63-76(109)90-61(77(110)93-86-30-34-6-8-35(9-7-34)36-10-15-41(80)16-11-36)44-26-42(95)27-50(97)58(44)43-21-37(12-17-49(43)96)59(73(106)92-63)89-74(107)60(40)88-72(105)48(28-56(83)98)87-75(62)108/h6-19,21-27,30,32-33,47-48,55,57,59-67,69-70,78,85,94-97,99-103H,20,28-29,31,84H2,1-5H3,(H2,83,98)(H,87,108)(H,88,105)(H,89,107)(H,90,109)(H,91,104)(H,92,106)(H,93,110)/b86-30+/t33-,47+,48-,55+,57-,59+,60+,61-,62+,63-,64+,65+,66+,67-,69+,70+,78-,79-/m0/s1. The zero-order chi connectivity index (χ0) is 83.6. The molecule has 8 amide bonds. The van der Waals surface area contributed by atoms with Gasteiger partial charge in [0.2, 0.25) is 53.4 Å². The number of nitrogens with two attached hydrogens (primary N) is 2. The summed E-state index contributed by atoms with van der Waals surface area (Å²) in [5, 5.41) is 127. The van der Waals surface area contributed by atoms with Crippen LogP contribution in [-0.2, 0) is 52.6 Å². The summed E-state index contributed by atoms with van der Waals surface area (Å²) in [6, 6.07) is 13.8. The number of fused-ring (bicyclic) bond motifs is 15. The number of amides is 8. The van der Waals surface area contributed by atoms with Gasteiger partial charge in [0.1, 0.15) is 95.5 Å².